The van der Waals surface area contributed by atoms with E-state index in [1.165, 1.54) is 0 Å². The number of aromatic nitrogens is 3. The van der Waals surface area contributed by atoms with Crippen LogP contribution in [0.25, 0.3) is 22.3 Å². The monoisotopic (exact) mass is 434 g/mol. The van der Waals surface area contributed by atoms with Crippen LogP contribution in [0, 0.1) is 6.92 Å². The Bertz CT molecular complexity index is 1140. The average molecular weight is 435 g/mol. The highest BCUT2D eigenvalue weighted by Gasteiger charge is 2.17. The Balaban J connectivity index is 1.54. The molecule has 2 heterocycles. The van der Waals surface area contributed by atoms with Crippen molar-refractivity contribution in [2.24, 2.45) is 0 Å². The van der Waals surface area contributed by atoms with E-state index in [1.54, 1.807) is 0 Å². The van der Waals surface area contributed by atoms with Gasteiger partial charge in [-0.25, -0.2) is 4.98 Å². The third kappa shape index (κ3) is 3.68. The minimum absolute atomic E-state index is 0.168. The Morgan fingerprint density at radius 1 is 1.07 bits per heavy atom. The van der Waals surface area contributed by atoms with Crippen LogP contribution < -0.4 is 5.32 Å². The molecule has 0 fully saturated rings. The first-order chi connectivity index (χ1) is 13.5. The van der Waals surface area contributed by atoms with Gasteiger partial charge in [-0.05, 0) is 50.2 Å². The molecule has 1 atom stereocenters. The maximum Gasteiger partial charge on any atom is 0.253 e. The van der Waals surface area contributed by atoms with E-state index in [9.17, 15) is 4.79 Å². The fourth-order valence-electron chi connectivity index (χ4n) is 3.13. The fraction of sp³-hybridized carbons (Fsp3) is 0.136. The third-order valence-electron chi connectivity index (χ3n) is 4.62. The van der Waals surface area contributed by atoms with Gasteiger partial charge in [-0.1, -0.05) is 40.2 Å². The number of amides is 1. The standard InChI is InChI=1S/C22H19BrN4O/c1-13-17(10-11-18(24-13)15-6-5-7-16(23)12-15)22(28)25-14(2)21-26-19-8-3-4-9-20(19)27-21/h3-12,14H,1-2H3,(H,25,28)(H,26,27). The van der Waals surface area contributed by atoms with E-state index in [2.05, 4.69) is 36.2 Å². The summed E-state index contributed by atoms with van der Waals surface area (Å²) >= 11 is 3.48. The summed E-state index contributed by atoms with van der Waals surface area (Å²) in [5.74, 6) is 0.560. The summed E-state index contributed by atoms with van der Waals surface area (Å²) in [4.78, 5) is 25.2. The quantitative estimate of drug-likeness (QED) is 0.464. The molecule has 2 aromatic heterocycles. The van der Waals surface area contributed by atoms with Crippen molar-refractivity contribution >= 4 is 32.9 Å². The lowest BCUT2D eigenvalue weighted by molar-refractivity contribution is 0.0937. The highest BCUT2D eigenvalue weighted by atomic mass is 79.9. The number of rotatable bonds is 4. The van der Waals surface area contributed by atoms with Gasteiger partial charge in [0.05, 0.1) is 34.0 Å². The number of aromatic amines is 1. The summed E-state index contributed by atoms with van der Waals surface area (Å²) in [6.07, 6.45) is 0. The smallest absolute Gasteiger partial charge is 0.253 e. The lowest BCUT2D eigenvalue weighted by Crippen LogP contribution is -2.28. The zero-order chi connectivity index (χ0) is 19.7. The molecule has 5 nitrogen and oxygen atoms in total. The number of imidazole rings is 1. The van der Waals surface area contributed by atoms with Crippen molar-refractivity contribution in [3.05, 3.63) is 82.2 Å². The number of para-hydroxylation sites is 2. The highest BCUT2D eigenvalue weighted by molar-refractivity contribution is 9.10. The Morgan fingerprint density at radius 3 is 2.64 bits per heavy atom. The first kappa shape index (κ1) is 18.4. The summed E-state index contributed by atoms with van der Waals surface area (Å²) in [6, 6.07) is 19.2. The molecule has 0 saturated carbocycles. The van der Waals surface area contributed by atoms with E-state index in [4.69, 9.17) is 0 Å². The molecule has 28 heavy (non-hydrogen) atoms. The van der Waals surface area contributed by atoms with Crippen LogP contribution in [0.2, 0.25) is 0 Å². The van der Waals surface area contributed by atoms with Gasteiger partial charge in [-0.2, -0.15) is 0 Å². The molecule has 0 bridgehead atoms. The Kier molecular flexibility index (Phi) is 4.96. The number of fused-ring (bicyclic) bond motifs is 1. The van der Waals surface area contributed by atoms with Crippen LogP contribution in [0.3, 0.4) is 0 Å². The summed E-state index contributed by atoms with van der Waals surface area (Å²) in [5, 5.41) is 3.00. The predicted molar refractivity (Wildman–Crippen MR) is 114 cm³/mol. The van der Waals surface area contributed by atoms with Crippen molar-refractivity contribution in [2.45, 2.75) is 19.9 Å². The van der Waals surface area contributed by atoms with E-state index in [0.29, 0.717) is 11.3 Å². The molecular formula is C22H19BrN4O. The molecule has 140 valence electrons. The van der Waals surface area contributed by atoms with E-state index < -0.39 is 0 Å². The number of nitrogens with one attached hydrogen (secondary N) is 2. The van der Waals surface area contributed by atoms with Gasteiger partial charge < -0.3 is 10.3 Å². The molecule has 2 aromatic carbocycles. The van der Waals surface area contributed by atoms with Gasteiger partial charge in [0, 0.05) is 10.0 Å². The van der Waals surface area contributed by atoms with Crippen molar-refractivity contribution in [3.63, 3.8) is 0 Å². The number of hydrogen-bond donors (Lipinski definition) is 2. The van der Waals surface area contributed by atoms with Crippen LogP contribution in [0.5, 0.6) is 0 Å². The summed E-state index contributed by atoms with van der Waals surface area (Å²) < 4.78 is 0.992. The molecular weight excluding hydrogens is 416 g/mol. The molecule has 0 spiro atoms. The van der Waals surface area contributed by atoms with Crippen LogP contribution in [0.4, 0.5) is 0 Å². The second-order valence-corrected chi connectivity index (χ2v) is 7.59. The molecule has 0 radical (unpaired) electrons. The predicted octanol–water partition coefficient (Wildman–Crippen LogP) is 5.19. The van der Waals surface area contributed by atoms with Gasteiger partial charge in [-0.3, -0.25) is 9.78 Å². The van der Waals surface area contributed by atoms with Gasteiger partial charge in [0.1, 0.15) is 5.82 Å². The highest BCUT2D eigenvalue weighted by Crippen LogP contribution is 2.23. The molecule has 0 saturated heterocycles. The normalized spacial score (nSPS) is 12.1. The van der Waals surface area contributed by atoms with Crippen molar-refractivity contribution < 1.29 is 4.79 Å². The minimum Gasteiger partial charge on any atom is -0.342 e. The van der Waals surface area contributed by atoms with Crippen LogP contribution in [-0.2, 0) is 0 Å². The summed E-state index contributed by atoms with van der Waals surface area (Å²) in [6.45, 7) is 3.76. The molecule has 4 rings (SSSR count). The van der Waals surface area contributed by atoms with Gasteiger partial charge in [0.15, 0.2) is 0 Å². The maximum absolute atomic E-state index is 12.8. The number of halogens is 1. The van der Waals surface area contributed by atoms with Crippen molar-refractivity contribution in [1.29, 1.82) is 0 Å². The fourth-order valence-corrected chi connectivity index (χ4v) is 3.53. The van der Waals surface area contributed by atoms with Crippen molar-refractivity contribution in [3.8, 4) is 11.3 Å². The second kappa shape index (κ2) is 7.56. The van der Waals surface area contributed by atoms with Gasteiger partial charge in [0.2, 0.25) is 0 Å². The van der Waals surface area contributed by atoms with E-state index in [0.717, 1.165) is 32.6 Å². The number of hydrogen-bond acceptors (Lipinski definition) is 3. The Hall–Kier alpha value is -2.99. The molecule has 4 aromatic rings. The number of nitrogens with zero attached hydrogens (tertiary/aromatic N) is 2. The van der Waals surface area contributed by atoms with E-state index in [1.807, 2.05) is 74.5 Å². The summed E-state index contributed by atoms with van der Waals surface area (Å²) in [7, 11) is 0. The molecule has 0 aliphatic rings. The van der Waals surface area contributed by atoms with Gasteiger partial charge in [-0.15, -0.1) is 0 Å². The zero-order valence-corrected chi connectivity index (χ0v) is 17.1. The number of carbonyl (C=O) groups excluding carboxylic acids is 1. The topological polar surface area (TPSA) is 70.7 Å². The molecule has 6 heteroatoms. The van der Waals surface area contributed by atoms with Gasteiger partial charge in [0.25, 0.3) is 5.91 Å². The molecule has 2 N–H and O–H groups in total. The van der Waals surface area contributed by atoms with E-state index >= 15 is 0 Å². The van der Waals surface area contributed by atoms with E-state index in [-0.39, 0.29) is 11.9 Å². The van der Waals surface area contributed by atoms with Crippen molar-refractivity contribution in [1.82, 2.24) is 20.3 Å². The number of aryl methyl sites for hydroxylation is 1. The minimum atomic E-state index is -0.246. The number of benzene rings is 2. The van der Waals surface area contributed by atoms with Crippen molar-refractivity contribution in [2.75, 3.05) is 0 Å². The van der Waals surface area contributed by atoms with Crippen LogP contribution in [-0.4, -0.2) is 20.9 Å². The SMILES string of the molecule is Cc1nc(-c2cccc(Br)c2)ccc1C(=O)NC(C)c1nc2ccccc2[nH]1. The summed E-state index contributed by atoms with van der Waals surface area (Å²) in [5.41, 5.74) is 4.92. The number of pyridine rings is 1. The lowest BCUT2D eigenvalue weighted by Gasteiger charge is -2.13. The van der Waals surface area contributed by atoms with Crippen LogP contribution in [0.15, 0.2) is 65.1 Å². The zero-order valence-electron chi connectivity index (χ0n) is 15.5. The maximum atomic E-state index is 12.8. The Morgan fingerprint density at radius 2 is 1.89 bits per heavy atom. The molecule has 0 aliphatic carbocycles. The van der Waals surface area contributed by atoms with Gasteiger partial charge >= 0.3 is 0 Å². The first-order valence-electron chi connectivity index (χ1n) is 9.00. The number of H-pyrrole nitrogens is 1. The van der Waals surface area contributed by atoms with Crippen LogP contribution in [0.1, 0.15) is 34.8 Å². The molecule has 1 unspecified atom stereocenters. The average Bonchev–Trinajstić information content (AvgIpc) is 3.12. The second-order valence-electron chi connectivity index (χ2n) is 6.67. The molecule has 1 amide bonds. The largest absolute Gasteiger partial charge is 0.342 e. The van der Waals surface area contributed by atoms with Crippen LogP contribution >= 0.6 is 15.9 Å². The third-order valence-corrected chi connectivity index (χ3v) is 5.11. The molecule has 0 aliphatic heterocycles. The Labute approximate surface area is 171 Å². The number of carbonyl (C=O) groups is 1. The lowest BCUT2D eigenvalue weighted by atomic mass is 10.1. The first-order valence-corrected chi connectivity index (χ1v) is 9.79.